The van der Waals surface area contributed by atoms with Gasteiger partial charge in [-0.15, -0.1) is 0 Å². The van der Waals surface area contributed by atoms with Crippen molar-refractivity contribution < 1.29 is 42.9 Å². The van der Waals surface area contributed by atoms with Crippen LogP contribution in [0.3, 0.4) is 0 Å². The van der Waals surface area contributed by atoms with Crippen LogP contribution < -0.4 is 0 Å². The van der Waals surface area contributed by atoms with Crippen molar-refractivity contribution in [2.45, 2.75) is 386 Å². The first-order chi connectivity index (χ1) is 40.6. The predicted molar refractivity (Wildman–Crippen MR) is 355 cm³/mol. The summed E-state index contributed by atoms with van der Waals surface area (Å²) in [5.74, 6) is -1.98. The molecule has 0 aromatic heterocycles. The zero-order chi connectivity index (χ0) is 60.5. The highest BCUT2D eigenvalue weighted by molar-refractivity contribution is 5.71. The zero-order valence-corrected chi connectivity index (χ0v) is 56.1. The summed E-state index contributed by atoms with van der Waals surface area (Å²) in [5, 5.41) is 9.74. The maximum Gasteiger partial charge on any atom is 0.361 e. The third-order valence-corrected chi connectivity index (χ3v) is 16.7. The topological polar surface area (TPSA) is 108 Å². The first-order valence-electron chi connectivity index (χ1n) is 36.5. The Bertz CT molecular complexity index is 1410. The van der Waals surface area contributed by atoms with Gasteiger partial charge in [0.25, 0.3) is 6.29 Å². The van der Waals surface area contributed by atoms with Crippen LogP contribution in [0.5, 0.6) is 0 Å². The molecular weight excluding hydrogens is 1030 g/mol. The van der Waals surface area contributed by atoms with Crippen LogP contribution in [0.1, 0.15) is 373 Å². The summed E-state index contributed by atoms with van der Waals surface area (Å²) < 4.78 is 23.0. The van der Waals surface area contributed by atoms with E-state index in [1.54, 1.807) is 0 Å². The lowest BCUT2D eigenvalue weighted by molar-refractivity contribution is -0.870. The molecule has 1 N–H and O–H groups in total. The first-order valence-corrected chi connectivity index (χ1v) is 36.5. The molecule has 0 fully saturated rings. The molecule has 2 unspecified atom stereocenters. The van der Waals surface area contributed by atoms with Crippen molar-refractivity contribution in [1.82, 2.24) is 0 Å². The number of likely N-dealkylation sites (N-methyl/N-ethyl adjacent to an activating group) is 1. The van der Waals surface area contributed by atoms with E-state index in [0.717, 1.165) is 38.5 Å². The smallest absolute Gasteiger partial charge is 0.361 e. The van der Waals surface area contributed by atoms with Gasteiger partial charge in [0.2, 0.25) is 0 Å². The van der Waals surface area contributed by atoms with Crippen molar-refractivity contribution in [3.05, 3.63) is 24.3 Å². The summed E-state index contributed by atoms with van der Waals surface area (Å²) in [6.07, 6.45) is 78.9. The number of unbranched alkanes of at least 4 members (excludes halogenated alkanes) is 50. The molecule has 0 amide bonds. The molecule has 0 aromatic carbocycles. The molecule has 0 rings (SSSR count). The van der Waals surface area contributed by atoms with Gasteiger partial charge in [-0.05, 0) is 64.2 Å². The average molecular weight is 1170 g/mol. The molecule has 490 valence electrons. The van der Waals surface area contributed by atoms with Crippen molar-refractivity contribution in [3.8, 4) is 0 Å². The molecule has 0 aliphatic heterocycles. The average Bonchev–Trinajstić information content (AvgIpc) is 3.46. The summed E-state index contributed by atoms with van der Waals surface area (Å²) in [7, 11) is 5.99. The number of esters is 2. The Kier molecular flexibility index (Phi) is 64.0. The maximum atomic E-state index is 12.9. The Morgan fingerprint density at radius 3 is 0.892 bits per heavy atom. The molecule has 0 aliphatic rings. The molecule has 0 heterocycles. The van der Waals surface area contributed by atoms with Crippen molar-refractivity contribution >= 4 is 17.9 Å². The van der Waals surface area contributed by atoms with Gasteiger partial charge in [0.05, 0.1) is 34.4 Å². The minimum atomic E-state index is -1.51. The van der Waals surface area contributed by atoms with E-state index in [2.05, 4.69) is 38.2 Å². The molecule has 0 saturated heterocycles. The summed E-state index contributed by atoms with van der Waals surface area (Å²) in [5.41, 5.74) is 0. The minimum Gasteiger partial charge on any atom is -0.477 e. The second-order valence-electron chi connectivity index (χ2n) is 26.3. The number of rotatable bonds is 69. The maximum absolute atomic E-state index is 12.9. The second kappa shape index (κ2) is 65.7. The van der Waals surface area contributed by atoms with Crippen LogP contribution in [0.2, 0.25) is 0 Å². The van der Waals surface area contributed by atoms with E-state index >= 15 is 0 Å². The van der Waals surface area contributed by atoms with Gasteiger partial charge in [0, 0.05) is 12.8 Å². The molecule has 0 spiro atoms. The van der Waals surface area contributed by atoms with Gasteiger partial charge in [-0.2, -0.15) is 0 Å². The van der Waals surface area contributed by atoms with Crippen LogP contribution in [0.25, 0.3) is 0 Å². The highest BCUT2D eigenvalue weighted by Crippen LogP contribution is 2.19. The number of carboxylic acid groups (broad SMARTS) is 1. The summed E-state index contributed by atoms with van der Waals surface area (Å²) in [6.45, 7) is 4.94. The van der Waals surface area contributed by atoms with Crippen LogP contribution in [-0.2, 0) is 33.3 Å². The molecule has 0 bridgehead atoms. The van der Waals surface area contributed by atoms with E-state index < -0.39 is 18.4 Å². The number of aliphatic carboxylic acids is 1. The van der Waals surface area contributed by atoms with Crippen LogP contribution in [-0.4, -0.2) is 87.4 Å². The molecule has 9 heteroatoms. The SMILES string of the molecule is CCCCCCCC/C=C\CCCCCCCCCCCC(=O)OCC(COC(OCC[N+](C)(C)C)C(=O)O)OC(=O)CCCCCCCCCCCCCCCCCCCCCCCCCCCCC/C=C\CCCCCCCCCC. The fraction of sp³-hybridized carbons (Fsp3) is 0.905. The zero-order valence-electron chi connectivity index (χ0n) is 56.1. The number of ether oxygens (including phenoxy) is 4. The van der Waals surface area contributed by atoms with Gasteiger partial charge in [0.15, 0.2) is 6.10 Å². The lowest BCUT2D eigenvalue weighted by Gasteiger charge is -2.25. The number of allylic oxidation sites excluding steroid dienone is 4. The Balaban J connectivity index is 3.94. The van der Waals surface area contributed by atoms with E-state index in [1.807, 2.05) is 21.1 Å². The second-order valence-corrected chi connectivity index (χ2v) is 26.3. The number of carbonyl (C=O) groups is 3. The molecule has 0 aromatic rings. The van der Waals surface area contributed by atoms with Crippen LogP contribution in [0.4, 0.5) is 0 Å². The van der Waals surface area contributed by atoms with Crippen molar-refractivity contribution in [2.24, 2.45) is 0 Å². The van der Waals surface area contributed by atoms with Gasteiger partial charge in [-0.1, -0.05) is 321 Å². The Hall–Kier alpha value is -2.23. The summed E-state index contributed by atoms with van der Waals surface area (Å²) in [6, 6.07) is 0. The molecule has 9 nitrogen and oxygen atoms in total. The van der Waals surface area contributed by atoms with Crippen molar-refractivity contribution in [2.75, 3.05) is 47.5 Å². The monoisotopic (exact) mass is 1170 g/mol. The minimum absolute atomic E-state index is 0.177. The van der Waals surface area contributed by atoms with E-state index in [-0.39, 0.29) is 38.2 Å². The number of hydrogen-bond acceptors (Lipinski definition) is 7. The third kappa shape index (κ3) is 67.1. The normalized spacial score (nSPS) is 12.7. The lowest BCUT2D eigenvalue weighted by Crippen LogP contribution is -2.40. The summed E-state index contributed by atoms with van der Waals surface area (Å²) in [4.78, 5) is 37.6. The highest BCUT2D eigenvalue weighted by Gasteiger charge is 2.25. The summed E-state index contributed by atoms with van der Waals surface area (Å²) >= 11 is 0. The quantitative estimate of drug-likeness (QED) is 0.0211. The molecule has 0 radical (unpaired) electrons. The number of hydrogen-bond donors (Lipinski definition) is 1. The molecule has 0 aliphatic carbocycles. The van der Waals surface area contributed by atoms with Gasteiger partial charge in [-0.3, -0.25) is 9.59 Å². The van der Waals surface area contributed by atoms with E-state index in [1.165, 1.54) is 308 Å². The van der Waals surface area contributed by atoms with Crippen LogP contribution >= 0.6 is 0 Å². The first kappa shape index (κ1) is 80.8. The Labute approximate surface area is 516 Å². The van der Waals surface area contributed by atoms with Crippen molar-refractivity contribution in [1.29, 1.82) is 0 Å². The lowest BCUT2D eigenvalue weighted by atomic mass is 10.0. The molecule has 83 heavy (non-hydrogen) atoms. The van der Waals surface area contributed by atoms with Gasteiger partial charge in [0.1, 0.15) is 13.2 Å². The predicted octanol–water partition coefficient (Wildman–Crippen LogP) is 22.6. The van der Waals surface area contributed by atoms with Crippen molar-refractivity contribution in [3.63, 3.8) is 0 Å². The van der Waals surface area contributed by atoms with E-state index in [9.17, 15) is 19.5 Å². The fourth-order valence-electron chi connectivity index (χ4n) is 11.1. The van der Waals surface area contributed by atoms with E-state index in [0.29, 0.717) is 17.4 Å². The number of quaternary nitrogens is 1. The fourth-order valence-corrected chi connectivity index (χ4v) is 11.1. The molecular formula is C74H142NO8+. The third-order valence-electron chi connectivity index (χ3n) is 16.7. The van der Waals surface area contributed by atoms with E-state index in [4.69, 9.17) is 18.9 Å². The molecule has 0 saturated carbocycles. The Morgan fingerprint density at radius 2 is 0.614 bits per heavy atom. The van der Waals surface area contributed by atoms with Gasteiger partial charge < -0.3 is 28.5 Å². The molecule has 2 atom stereocenters. The van der Waals surface area contributed by atoms with Gasteiger partial charge >= 0.3 is 17.9 Å². The highest BCUT2D eigenvalue weighted by atomic mass is 16.7. The standard InChI is InChI=1S/C74H141NO8/c1-6-8-10-12-14-16-18-20-22-24-26-27-28-29-30-31-32-33-34-35-36-37-38-39-40-41-42-43-44-45-47-49-51-53-55-57-59-61-63-65-72(77)83-70(69-82-74(73(78)79)80-67-66-75(3,4)5)68-81-71(76)64-62-60-58-56-54-52-50-48-46-25-23-21-19-17-15-13-11-9-7-2/h21,23-24,26,70,74H,6-20,22,25,27-69H2,1-5H3/p+1/b23-21-,26-24-. The number of nitrogens with zero attached hydrogens (tertiary/aromatic N) is 1. The van der Waals surface area contributed by atoms with Crippen LogP contribution in [0.15, 0.2) is 24.3 Å². The largest absolute Gasteiger partial charge is 0.477 e. The number of carbonyl (C=O) groups excluding carboxylic acids is 2. The van der Waals surface area contributed by atoms with Gasteiger partial charge in [-0.25, -0.2) is 4.79 Å². The number of carboxylic acids is 1. The Morgan fingerprint density at radius 1 is 0.349 bits per heavy atom. The van der Waals surface area contributed by atoms with Crippen LogP contribution in [0, 0.1) is 0 Å².